The van der Waals surface area contributed by atoms with E-state index in [1.54, 1.807) is 0 Å². The number of hydrogen-bond donors (Lipinski definition) is 2. The lowest BCUT2D eigenvalue weighted by atomic mass is 10.1. The van der Waals surface area contributed by atoms with Gasteiger partial charge in [-0.25, -0.2) is 4.99 Å². The largest absolute Gasteiger partial charge is 0.488 e. The van der Waals surface area contributed by atoms with E-state index in [-0.39, 0.29) is 29.6 Å². The molecule has 2 aromatic rings. The zero-order valence-corrected chi connectivity index (χ0v) is 21.1. The monoisotopic (exact) mass is 526 g/mol. The second kappa shape index (κ2) is 11.0. The lowest BCUT2D eigenvalue weighted by Gasteiger charge is -2.23. The fourth-order valence-electron chi connectivity index (χ4n) is 3.41. The molecule has 7 nitrogen and oxygen atoms in total. The van der Waals surface area contributed by atoms with Crippen molar-refractivity contribution in [2.75, 3.05) is 0 Å². The SMILES string of the molecule is Cc1nnc(CNC(=NCc2ccccc2OC(C)(C)C)NC2CCCC2)n1C.I. The number of halogens is 1. The first-order valence-corrected chi connectivity index (χ1v) is 10.5. The molecule has 0 saturated heterocycles. The van der Waals surface area contributed by atoms with Crippen LogP contribution in [0.2, 0.25) is 0 Å². The predicted octanol–water partition coefficient (Wildman–Crippen LogP) is 4.10. The van der Waals surface area contributed by atoms with Crippen LogP contribution in [-0.4, -0.2) is 32.4 Å². The van der Waals surface area contributed by atoms with Gasteiger partial charge in [-0.05, 0) is 46.6 Å². The van der Waals surface area contributed by atoms with Gasteiger partial charge in [0.15, 0.2) is 11.8 Å². The lowest BCUT2D eigenvalue weighted by Crippen LogP contribution is -2.42. The second-order valence-electron chi connectivity index (χ2n) is 8.69. The standard InChI is InChI=1S/C22H34N6O.HI/c1-16-26-27-20(28(16)5)15-24-21(25-18-11-7-8-12-18)23-14-17-10-6-9-13-19(17)29-22(2,3)4;/h6,9-10,13,18H,7-8,11-12,14-15H2,1-5H3,(H2,23,24,25);1H. The van der Waals surface area contributed by atoms with Gasteiger partial charge in [-0.2, -0.15) is 0 Å². The van der Waals surface area contributed by atoms with Gasteiger partial charge in [0.25, 0.3) is 0 Å². The Kier molecular flexibility index (Phi) is 8.93. The number of nitrogens with one attached hydrogen (secondary N) is 2. The van der Waals surface area contributed by atoms with Gasteiger partial charge in [-0.15, -0.1) is 34.2 Å². The molecule has 0 bridgehead atoms. The first-order chi connectivity index (χ1) is 13.8. The molecule has 30 heavy (non-hydrogen) atoms. The van der Waals surface area contributed by atoms with E-state index < -0.39 is 0 Å². The Hall–Kier alpha value is -1.84. The number of nitrogens with zero attached hydrogens (tertiary/aromatic N) is 4. The van der Waals surface area contributed by atoms with Gasteiger partial charge in [-0.3, -0.25) is 0 Å². The Morgan fingerprint density at radius 2 is 1.90 bits per heavy atom. The number of ether oxygens (including phenoxy) is 1. The van der Waals surface area contributed by atoms with Crippen LogP contribution in [0.1, 0.15) is 63.7 Å². The van der Waals surface area contributed by atoms with Gasteiger partial charge < -0.3 is 19.9 Å². The van der Waals surface area contributed by atoms with Gasteiger partial charge in [0.1, 0.15) is 17.2 Å². The van der Waals surface area contributed by atoms with E-state index in [1.807, 2.05) is 36.7 Å². The van der Waals surface area contributed by atoms with Crippen LogP contribution >= 0.6 is 24.0 Å². The number of rotatable bonds is 6. The summed E-state index contributed by atoms with van der Waals surface area (Å²) in [7, 11) is 1.98. The molecule has 0 amide bonds. The van der Waals surface area contributed by atoms with Gasteiger partial charge >= 0.3 is 0 Å². The first kappa shape index (κ1) is 24.4. The molecule has 0 spiro atoms. The number of aliphatic imine (C=N–C) groups is 1. The topological polar surface area (TPSA) is 76.4 Å². The summed E-state index contributed by atoms with van der Waals surface area (Å²) in [4.78, 5) is 4.86. The van der Waals surface area contributed by atoms with Gasteiger partial charge in [0.05, 0.1) is 13.1 Å². The molecular weight excluding hydrogens is 491 g/mol. The number of aryl methyl sites for hydroxylation is 1. The van der Waals surface area contributed by atoms with Crippen LogP contribution in [0.5, 0.6) is 5.75 Å². The molecule has 1 aliphatic rings. The van der Waals surface area contributed by atoms with E-state index in [4.69, 9.17) is 9.73 Å². The normalized spacial score (nSPS) is 15.0. The minimum atomic E-state index is -0.244. The fraction of sp³-hybridized carbons (Fsp3) is 0.591. The maximum Gasteiger partial charge on any atom is 0.192 e. The molecule has 0 unspecified atom stereocenters. The van der Waals surface area contributed by atoms with Crippen molar-refractivity contribution in [1.29, 1.82) is 0 Å². The van der Waals surface area contributed by atoms with Crippen molar-refractivity contribution in [3.05, 3.63) is 41.5 Å². The summed E-state index contributed by atoms with van der Waals surface area (Å²) in [5.41, 5.74) is 0.830. The number of hydrogen-bond acceptors (Lipinski definition) is 4. The quantitative estimate of drug-likeness (QED) is 0.337. The highest BCUT2D eigenvalue weighted by Crippen LogP contribution is 2.24. The minimum Gasteiger partial charge on any atom is -0.488 e. The average molecular weight is 526 g/mol. The highest BCUT2D eigenvalue weighted by molar-refractivity contribution is 14.0. The maximum absolute atomic E-state index is 6.11. The van der Waals surface area contributed by atoms with Gasteiger partial charge in [-0.1, -0.05) is 31.0 Å². The Bertz CT molecular complexity index is 836. The third-order valence-electron chi connectivity index (χ3n) is 5.09. The van der Waals surface area contributed by atoms with Crippen LogP contribution in [0.4, 0.5) is 0 Å². The van der Waals surface area contributed by atoms with E-state index in [0.29, 0.717) is 19.1 Å². The predicted molar refractivity (Wildman–Crippen MR) is 131 cm³/mol. The van der Waals surface area contributed by atoms with E-state index >= 15 is 0 Å². The van der Waals surface area contributed by atoms with Crippen LogP contribution in [0.15, 0.2) is 29.3 Å². The maximum atomic E-state index is 6.11. The molecule has 0 atom stereocenters. The third-order valence-corrected chi connectivity index (χ3v) is 5.09. The van der Waals surface area contributed by atoms with Crippen LogP contribution < -0.4 is 15.4 Å². The van der Waals surface area contributed by atoms with E-state index in [9.17, 15) is 0 Å². The first-order valence-electron chi connectivity index (χ1n) is 10.5. The van der Waals surface area contributed by atoms with Crippen LogP contribution in [0.3, 0.4) is 0 Å². The Labute approximate surface area is 197 Å². The average Bonchev–Trinajstić information content (AvgIpc) is 3.28. The summed E-state index contributed by atoms with van der Waals surface area (Å²) >= 11 is 0. The van der Waals surface area contributed by atoms with E-state index in [0.717, 1.165) is 28.9 Å². The molecule has 1 aromatic heterocycles. The Morgan fingerprint density at radius 3 is 2.53 bits per heavy atom. The minimum absolute atomic E-state index is 0. The molecule has 1 aromatic carbocycles. The molecular formula is C22H35IN6O. The molecule has 3 rings (SSSR count). The molecule has 0 radical (unpaired) electrons. The number of aromatic nitrogens is 3. The molecule has 1 aliphatic carbocycles. The number of benzene rings is 1. The smallest absolute Gasteiger partial charge is 0.192 e. The van der Waals surface area contributed by atoms with Crippen LogP contribution in [-0.2, 0) is 20.1 Å². The van der Waals surface area contributed by atoms with Crippen molar-refractivity contribution in [2.24, 2.45) is 12.0 Å². The van der Waals surface area contributed by atoms with Crippen molar-refractivity contribution in [3.63, 3.8) is 0 Å². The molecule has 166 valence electrons. The summed E-state index contributed by atoms with van der Waals surface area (Å²) in [5.74, 6) is 3.48. The Balaban J connectivity index is 0.00000320. The summed E-state index contributed by atoms with van der Waals surface area (Å²) in [6.07, 6.45) is 4.92. The van der Waals surface area contributed by atoms with Crippen LogP contribution in [0, 0.1) is 6.92 Å². The van der Waals surface area contributed by atoms with Crippen molar-refractivity contribution in [2.45, 2.75) is 78.1 Å². The summed E-state index contributed by atoms with van der Waals surface area (Å²) in [6, 6.07) is 8.59. The van der Waals surface area contributed by atoms with E-state index in [2.05, 4.69) is 47.7 Å². The van der Waals surface area contributed by atoms with Crippen molar-refractivity contribution in [3.8, 4) is 5.75 Å². The molecule has 1 fully saturated rings. The molecule has 0 aliphatic heterocycles. The summed E-state index contributed by atoms with van der Waals surface area (Å²) in [5, 5.41) is 15.4. The van der Waals surface area contributed by atoms with Crippen molar-refractivity contribution < 1.29 is 4.74 Å². The lowest BCUT2D eigenvalue weighted by molar-refractivity contribution is 0.129. The molecule has 2 N–H and O–H groups in total. The zero-order valence-electron chi connectivity index (χ0n) is 18.7. The molecule has 8 heteroatoms. The van der Waals surface area contributed by atoms with Crippen molar-refractivity contribution >= 4 is 29.9 Å². The number of guanidine groups is 1. The third kappa shape index (κ3) is 7.14. The van der Waals surface area contributed by atoms with E-state index in [1.165, 1.54) is 25.7 Å². The summed E-state index contributed by atoms with van der Waals surface area (Å²) in [6.45, 7) is 9.26. The second-order valence-corrected chi connectivity index (χ2v) is 8.69. The summed E-state index contributed by atoms with van der Waals surface area (Å²) < 4.78 is 8.11. The highest BCUT2D eigenvalue weighted by atomic mass is 127. The fourth-order valence-corrected chi connectivity index (χ4v) is 3.41. The van der Waals surface area contributed by atoms with Gasteiger partial charge in [0.2, 0.25) is 0 Å². The van der Waals surface area contributed by atoms with Gasteiger partial charge in [0, 0.05) is 18.7 Å². The highest BCUT2D eigenvalue weighted by Gasteiger charge is 2.17. The number of para-hydroxylation sites is 1. The molecule has 1 heterocycles. The molecule has 1 saturated carbocycles. The Morgan fingerprint density at radius 1 is 1.20 bits per heavy atom. The zero-order chi connectivity index (χ0) is 20.9. The van der Waals surface area contributed by atoms with Crippen LogP contribution in [0.25, 0.3) is 0 Å². The van der Waals surface area contributed by atoms with Crippen molar-refractivity contribution in [1.82, 2.24) is 25.4 Å².